The number of rotatable bonds is 5. The number of carbonyl (C=O) groups excluding carboxylic acids is 2. The smallest absolute Gasteiger partial charge is 0.274 e. The fourth-order valence-corrected chi connectivity index (χ4v) is 6.13. The van der Waals surface area contributed by atoms with Gasteiger partial charge < -0.3 is 10.2 Å². The number of carbonyl (C=O) groups is 2. The van der Waals surface area contributed by atoms with E-state index in [9.17, 15) is 9.59 Å². The van der Waals surface area contributed by atoms with Gasteiger partial charge in [0.1, 0.15) is 11.4 Å². The summed E-state index contributed by atoms with van der Waals surface area (Å²) >= 11 is 1.56. The Kier molecular flexibility index (Phi) is 5.37. The molecule has 2 unspecified atom stereocenters. The van der Waals surface area contributed by atoms with Gasteiger partial charge in [0.2, 0.25) is 0 Å². The predicted octanol–water partition coefficient (Wildman–Crippen LogP) is 5.01. The third-order valence-electron chi connectivity index (χ3n) is 6.99. The van der Waals surface area contributed by atoms with Gasteiger partial charge in [-0.2, -0.15) is 0 Å². The zero-order valence-corrected chi connectivity index (χ0v) is 20.5. The Balaban J connectivity index is 1.21. The van der Waals surface area contributed by atoms with Gasteiger partial charge in [0, 0.05) is 18.0 Å². The second kappa shape index (κ2) is 8.57. The van der Waals surface area contributed by atoms with Crippen molar-refractivity contribution in [1.82, 2.24) is 20.2 Å². The molecule has 0 radical (unpaired) electrons. The number of aryl methyl sites for hydroxylation is 2. The van der Waals surface area contributed by atoms with E-state index in [1.165, 1.54) is 0 Å². The number of fused-ring (bicyclic) bond motifs is 2. The molecule has 0 spiro atoms. The van der Waals surface area contributed by atoms with Crippen molar-refractivity contribution >= 4 is 34.1 Å². The van der Waals surface area contributed by atoms with Crippen molar-refractivity contribution in [3.8, 4) is 10.4 Å². The van der Waals surface area contributed by atoms with E-state index < -0.39 is 0 Å². The number of amides is 2. The SMILES string of the molecule is Cc1cccc(-c2sc(C)nc2C(=O)N2C3CC3C[C@H]2CNC(=O)c2ccc3ccccc3n2)c1. The summed E-state index contributed by atoms with van der Waals surface area (Å²) in [4.78, 5) is 38.7. The molecule has 6 rings (SSSR count). The third kappa shape index (κ3) is 4.10. The van der Waals surface area contributed by atoms with Crippen LogP contribution >= 0.6 is 11.3 Å². The first-order valence-electron chi connectivity index (χ1n) is 12.0. The molecule has 3 atom stereocenters. The largest absolute Gasteiger partial charge is 0.349 e. The molecular weight excluding hydrogens is 456 g/mol. The number of hydrogen-bond donors (Lipinski definition) is 1. The summed E-state index contributed by atoms with van der Waals surface area (Å²) in [6.07, 6.45) is 1.94. The van der Waals surface area contributed by atoms with E-state index in [0.717, 1.165) is 44.8 Å². The van der Waals surface area contributed by atoms with Gasteiger partial charge in [-0.05, 0) is 50.3 Å². The number of nitrogens with zero attached hydrogens (tertiary/aromatic N) is 3. The zero-order chi connectivity index (χ0) is 24.1. The summed E-state index contributed by atoms with van der Waals surface area (Å²) in [5.74, 6) is 0.273. The maximum Gasteiger partial charge on any atom is 0.274 e. The average molecular weight is 483 g/mol. The molecule has 6 nitrogen and oxygen atoms in total. The van der Waals surface area contributed by atoms with Gasteiger partial charge in [0.25, 0.3) is 11.8 Å². The van der Waals surface area contributed by atoms with Gasteiger partial charge in [0.05, 0.1) is 21.4 Å². The fraction of sp³-hybridized carbons (Fsp3) is 0.286. The highest BCUT2D eigenvalue weighted by Crippen LogP contribution is 2.48. The number of benzene rings is 2. The quantitative estimate of drug-likeness (QED) is 0.434. The van der Waals surface area contributed by atoms with Crippen LogP contribution in [-0.2, 0) is 0 Å². The van der Waals surface area contributed by atoms with Crippen molar-refractivity contribution in [3.05, 3.63) is 82.6 Å². The summed E-state index contributed by atoms with van der Waals surface area (Å²) in [5, 5.41) is 4.91. The van der Waals surface area contributed by atoms with Crippen LogP contribution in [0.5, 0.6) is 0 Å². The minimum Gasteiger partial charge on any atom is -0.349 e. The Morgan fingerprint density at radius 2 is 1.89 bits per heavy atom. The Morgan fingerprint density at radius 3 is 2.74 bits per heavy atom. The van der Waals surface area contributed by atoms with Crippen molar-refractivity contribution < 1.29 is 9.59 Å². The summed E-state index contributed by atoms with van der Waals surface area (Å²) < 4.78 is 0. The number of aromatic nitrogens is 2. The van der Waals surface area contributed by atoms with Gasteiger partial charge in [-0.1, -0.05) is 54.1 Å². The molecule has 2 aromatic heterocycles. The molecule has 3 heterocycles. The molecule has 2 fully saturated rings. The molecule has 4 aromatic rings. The minimum atomic E-state index is -0.214. The normalized spacial score (nSPS) is 20.6. The topological polar surface area (TPSA) is 75.2 Å². The van der Waals surface area contributed by atoms with Crippen LogP contribution in [0.25, 0.3) is 21.3 Å². The fourth-order valence-electron chi connectivity index (χ4n) is 5.23. The van der Waals surface area contributed by atoms with Crippen molar-refractivity contribution in [2.75, 3.05) is 6.54 Å². The molecule has 7 heteroatoms. The van der Waals surface area contributed by atoms with Gasteiger partial charge in [-0.25, -0.2) is 9.97 Å². The maximum absolute atomic E-state index is 13.8. The van der Waals surface area contributed by atoms with Gasteiger partial charge >= 0.3 is 0 Å². The van der Waals surface area contributed by atoms with Crippen molar-refractivity contribution in [2.24, 2.45) is 5.92 Å². The molecular formula is C28H26N4O2S. The van der Waals surface area contributed by atoms with E-state index in [1.807, 2.05) is 54.3 Å². The van der Waals surface area contributed by atoms with E-state index in [4.69, 9.17) is 0 Å². The lowest BCUT2D eigenvalue weighted by Crippen LogP contribution is -2.45. The van der Waals surface area contributed by atoms with Crippen LogP contribution in [-0.4, -0.2) is 45.3 Å². The Bertz CT molecular complexity index is 1460. The molecule has 0 bridgehead atoms. The van der Waals surface area contributed by atoms with Crippen LogP contribution in [0.4, 0.5) is 0 Å². The highest BCUT2D eigenvalue weighted by molar-refractivity contribution is 7.15. The van der Waals surface area contributed by atoms with Crippen LogP contribution in [0.2, 0.25) is 0 Å². The van der Waals surface area contributed by atoms with E-state index in [0.29, 0.717) is 23.9 Å². The molecule has 35 heavy (non-hydrogen) atoms. The van der Waals surface area contributed by atoms with Crippen LogP contribution in [0, 0.1) is 19.8 Å². The van der Waals surface area contributed by atoms with E-state index in [-0.39, 0.29) is 23.9 Å². The highest BCUT2D eigenvalue weighted by Gasteiger charge is 2.54. The number of hydrogen-bond acceptors (Lipinski definition) is 5. The molecule has 1 aliphatic heterocycles. The summed E-state index contributed by atoms with van der Waals surface area (Å²) in [6.45, 7) is 4.41. The van der Waals surface area contributed by atoms with Crippen LogP contribution in [0.1, 0.15) is 44.4 Å². The minimum absolute atomic E-state index is 0.0288. The van der Waals surface area contributed by atoms with Crippen molar-refractivity contribution in [1.29, 1.82) is 0 Å². The first kappa shape index (κ1) is 21.9. The number of para-hydroxylation sites is 1. The molecule has 2 amide bonds. The van der Waals surface area contributed by atoms with Crippen LogP contribution in [0.3, 0.4) is 0 Å². The molecule has 1 N–H and O–H groups in total. The van der Waals surface area contributed by atoms with Gasteiger partial charge in [-0.3, -0.25) is 9.59 Å². The lowest BCUT2D eigenvalue weighted by molar-refractivity contribution is 0.0684. The molecule has 2 aromatic carbocycles. The van der Waals surface area contributed by atoms with Crippen molar-refractivity contribution in [3.63, 3.8) is 0 Å². The first-order valence-corrected chi connectivity index (χ1v) is 12.8. The molecule has 1 saturated heterocycles. The maximum atomic E-state index is 13.8. The highest BCUT2D eigenvalue weighted by atomic mass is 32.1. The van der Waals surface area contributed by atoms with E-state index in [1.54, 1.807) is 17.4 Å². The Morgan fingerprint density at radius 1 is 1.03 bits per heavy atom. The molecule has 2 aliphatic rings. The number of pyridine rings is 1. The van der Waals surface area contributed by atoms with Crippen LogP contribution in [0.15, 0.2) is 60.7 Å². The second-order valence-electron chi connectivity index (χ2n) is 9.54. The number of likely N-dealkylation sites (tertiary alicyclic amines) is 1. The zero-order valence-electron chi connectivity index (χ0n) is 19.7. The van der Waals surface area contributed by atoms with Crippen LogP contribution < -0.4 is 5.32 Å². The first-order chi connectivity index (χ1) is 17.0. The number of thiazole rings is 1. The molecule has 1 aliphatic carbocycles. The lowest BCUT2D eigenvalue weighted by Gasteiger charge is -2.27. The van der Waals surface area contributed by atoms with E-state index in [2.05, 4.69) is 34.3 Å². The Hall–Kier alpha value is -3.58. The monoisotopic (exact) mass is 482 g/mol. The lowest BCUT2D eigenvalue weighted by atomic mass is 10.1. The second-order valence-corrected chi connectivity index (χ2v) is 10.7. The summed E-state index contributed by atoms with van der Waals surface area (Å²) in [5.41, 5.74) is 3.89. The number of nitrogens with one attached hydrogen (secondary N) is 1. The summed E-state index contributed by atoms with van der Waals surface area (Å²) in [6, 6.07) is 19.8. The van der Waals surface area contributed by atoms with Gasteiger partial charge in [-0.15, -0.1) is 11.3 Å². The Labute approximate surface area is 208 Å². The number of piperidine rings is 1. The standard InChI is InChI=1S/C28H26N4O2S/c1-16-6-5-8-19(12-16)26-25(30-17(2)35-26)28(34)32-21(13-20-14-24(20)32)15-29-27(33)23-11-10-18-7-3-4-9-22(18)31-23/h3-12,20-21,24H,13-15H2,1-2H3,(H,29,33)/t20?,21-,24?/m0/s1. The van der Waals surface area contributed by atoms with Crippen molar-refractivity contribution in [2.45, 2.75) is 38.8 Å². The molecule has 176 valence electrons. The third-order valence-corrected chi connectivity index (χ3v) is 8.01. The van der Waals surface area contributed by atoms with Gasteiger partial charge in [0.15, 0.2) is 0 Å². The predicted molar refractivity (Wildman–Crippen MR) is 138 cm³/mol. The van der Waals surface area contributed by atoms with E-state index >= 15 is 0 Å². The molecule has 1 saturated carbocycles. The summed E-state index contributed by atoms with van der Waals surface area (Å²) in [7, 11) is 0. The average Bonchev–Trinajstić information content (AvgIpc) is 3.35.